The number of rotatable bonds is 7. The largest absolute Gasteiger partial charge is 0.452 e. The van der Waals surface area contributed by atoms with Crippen molar-refractivity contribution in [2.24, 2.45) is 4.99 Å². The Labute approximate surface area is 179 Å². The Morgan fingerprint density at radius 1 is 1.17 bits per heavy atom. The van der Waals surface area contributed by atoms with Crippen molar-refractivity contribution in [1.82, 2.24) is 0 Å². The fraction of sp³-hybridized carbons (Fsp3) is 0.318. The van der Waals surface area contributed by atoms with E-state index < -0.39 is 5.97 Å². The number of para-hydroxylation sites is 1. The predicted molar refractivity (Wildman–Crippen MR) is 122 cm³/mol. The van der Waals surface area contributed by atoms with Gasteiger partial charge in [-0.15, -0.1) is 0 Å². The lowest BCUT2D eigenvalue weighted by molar-refractivity contribution is -0.119. The SMILES string of the molecule is CC(C)c1ccccc1NC(=O)COC(=O)c1ccccc1CSC1=NCCS1. The van der Waals surface area contributed by atoms with Gasteiger partial charge in [0.25, 0.3) is 5.91 Å². The smallest absolute Gasteiger partial charge is 0.338 e. The minimum atomic E-state index is -0.491. The molecule has 0 aromatic heterocycles. The van der Waals surface area contributed by atoms with Gasteiger partial charge in [-0.2, -0.15) is 0 Å². The van der Waals surface area contributed by atoms with Gasteiger partial charge in [-0.05, 0) is 29.2 Å². The lowest BCUT2D eigenvalue weighted by Crippen LogP contribution is -2.22. The van der Waals surface area contributed by atoms with Crippen molar-refractivity contribution < 1.29 is 14.3 Å². The summed E-state index contributed by atoms with van der Waals surface area (Å²) in [6, 6.07) is 15.0. The van der Waals surface area contributed by atoms with Gasteiger partial charge in [-0.3, -0.25) is 9.79 Å². The lowest BCUT2D eigenvalue weighted by Gasteiger charge is -2.14. The van der Waals surface area contributed by atoms with Gasteiger partial charge in [0.05, 0.1) is 12.1 Å². The van der Waals surface area contributed by atoms with E-state index in [1.807, 2.05) is 36.4 Å². The molecule has 1 heterocycles. The van der Waals surface area contributed by atoms with Gasteiger partial charge in [0, 0.05) is 17.2 Å². The van der Waals surface area contributed by atoms with Gasteiger partial charge in [-0.1, -0.05) is 73.8 Å². The topological polar surface area (TPSA) is 67.8 Å². The highest BCUT2D eigenvalue weighted by Crippen LogP contribution is 2.27. The van der Waals surface area contributed by atoms with Crippen molar-refractivity contribution >= 4 is 45.5 Å². The molecular formula is C22H24N2O3S2. The summed E-state index contributed by atoms with van der Waals surface area (Å²) in [4.78, 5) is 29.3. The quantitative estimate of drug-likeness (QED) is 0.633. The van der Waals surface area contributed by atoms with Crippen molar-refractivity contribution in [2.75, 3.05) is 24.2 Å². The van der Waals surface area contributed by atoms with Gasteiger partial charge >= 0.3 is 5.97 Å². The van der Waals surface area contributed by atoms with Crippen LogP contribution in [0.3, 0.4) is 0 Å². The molecule has 0 bridgehead atoms. The third-order valence-electron chi connectivity index (χ3n) is 4.34. The molecule has 0 spiro atoms. The summed E-state index contributed by atoms with van der Waals surface area (Å²) in [6.45, 7) is 4.66. The summed E-state index contributed by atoms with van der Waals surface area (Å²) in [5, 5.41) is 2.84. The minimum absolute atomic E-state index is 0.279. The highest BCUT2D eigenvalue weighted by molar-refractivity contribution is 8.38. The van der Waals surface area contributed by atoms with Crippen molar-refractivity contribution in [3.8, 4) is 0 Å². The molecule has 0 saturated carbocycles. The zero-order valence-corrected chi connectivity index (χ0v) is 18.1. The highest BCUT2D eigenvalue weighted by Gasteiger charge is 2.16. The number of ether oxygens (including phenoxy) is 1. The molecule has 0 fully saturated rings. The van der Waals surface area contributed by atoms with Crippen LogP contribution < -0.4 is 5.32 Å². The van der Waals surface area contributed by atoms with Crippen LogP contribution in [0.1, 0.15) is 41.3 Å². The summed E-state index contributed by atoms with van der Waals surface area (Å²) < 4.78 is 6.33. The van der Waals surface area contributed by atoms with E-state index in [1.165, 1.54) is 0 Å². The lowest BCUT2D eigenvalue weighted by atomic mass is 10.0. The summed E-state index contributed by atoms with van der Waals surface area (Å²) >= 11 is 3.36. The van der Waals surface area contributed by atoms with Crippen LogP contribution in [0.5, 0.6) is 0 Å². The van der Waals surface area contributed by atoms with E-state index in [4.69, 9.17) is 4.74 Å². The second-order valence-corrected chi connectivity index (χ2v) is 9.11. The van der Waals surface area contributed by atoms with E-state index >= 15 is 0 Å². The Kier molecular flexibility index (Phi) is 7.77. The number of aliphatic imine (C=N–C) groups is 1. The van der Waals surface area contributed by atoms with E-state index in [0.29, 0.717) is 11.3 Å². The van der Waals surface area contributed by atoms with Crippen LogP contribution in [-0.4, -0.2) is 35.2 Å². The van der Waals surface area contributed by atoms with Crippen LogP contribution in [0.4, 0.5) is 5.69 Å². The van der Waals surface area contributed by atoms with Gasteiger partial charge in [0.15, 0.2) is 6.61 Å². The van der Waals surface area contributed by atoms with Gasteiger partial charge in [0.2, 0.25) is 0 Å². The van der Waals surface area contributed by atoms with Crippen molar-refractivity contribution in [2.45, 2.75) is 25.5 Å². The fourth-order valence-corrected chi connectivity index (χ4v) is 4.91. The Bertz CT molecular complexity index is 912. The Morgan fingerprint density at radius 2 is 1.93 bits per heavy atom. The normalized spacial score (nSPS) is 13.3. The van der Waals surface area contributed by atoms with Crippen molar-refractivity contribution in [3.63, 3.8) is 0 Å². The molecule has 152 valence electrons. The molecule has 7 heteroatoms. The number of carbonyl (C=O) groups excluding carboxylic acids is 2. The van der Waals surface area contributed by atoms with Gasteiger partial charge < -0.3 is 10.1 Å². The number of nitrogens with zero attached hydrogens (tertiary/aromatic N) is 1. The molecule has 0 unspecified atom stereocenters. The Balaban J connectivity index is 1.57. The molecule has 0 saturated heterocycles. The van der Waals surface area contributed by atoms with Crippen molar-refractivity contribution in [3.05, 3.63) is 65.2 Å². The molecule has 0 aliphatic carbocycles. The number of nitrogens with one attached hydrogen (secondary N) is 1. The highest BCUT2D eigenvalue weighted by atomic mass is 32.2. The average molecular weight is 429 g/mol. The van der Waals surface area contributed by atoms with Crippen molar-refractivity contribution in [1.29, 1.82) is 0 Å². The zero-order chi connectivity index (χ0) is 20.6. The van der Waals surface area contributed by atoms with E-state index in [2.05, 4.69) is 24.2 Å². The number of hydrogen-bond acceptors (Lipinski definition) is 6. The zero-order valence-electron chi connectivity index (χ0n) is 16.5. The molecule has 1 aliphatic rings. The molecule has 29 heavy (non-hydrogen) atoms. The van der Waals surface area contributed by atoms with Crippen LogP contribution >= 0.6 is 23.5 Å². The second kappa shape index (κ2) is 10.5. The molecule has 5 nitrogen and oxygen atoms in total. The molecule has 1 N–H and O–H groups in total. The van der Waals surface area contributed by atoms with Gasteiger partial charge in [-0.25, -0.2) is 4.79 Å². The predicted octanol–water partition coefficient (Wildman–Crippen LogP) is 4.94. The number of amides is 1. The first-order chi connectivity index (χ1) is 14.0. The van der Waals surface area contributed by atoms with Crippen LogP contribution in [0, 0.1) is 0 Å². The third-order valence-corrected chi connectivity index (χ3v) is 6.64. The summed E-state index contributed by atoms with van der Waals surface area (Å²) in [5.74, 6) is 1.09. The number of benzene rings is 2. The third kappa shape index (κ3) is 6.11. The number of carbonyl (C=O) groups is 2. The van der Waals surface area contributed by atoms with Crippen LogP contribution in [-0.2, 0) is 15.3 Å². The molecule has 2 aromatic rings. The standard InChI is InChI=1S/C22H24N2O3S2/c1-15(2)17-8-5-6-10-19(17)24-20(25)13-27-21(26)18-9-4-3-7-16(18)14-29-22-23-11-12-28-22/h3-10,15H,11-14H2,1-2H3,(H,24,25). The first-order valence-corrected chi connectivity index (χ1v) is 11.5. The van der Waals surface area contributed by atoms with Crippen LogP contribution in [0.2, 0.25) is 0 Å². The Morgan fingerprint density at radius 3 is 2.69 bits per heavy atom. The number of esters is 1. The van der Waals surface area contributed by atoms with E-state index in [9.17, 15) is 9.59 Å². The van der Waals surface area contributed by atoms with Crippen LogP contribution in [0.15, 0.2) is 53.5 Å². The molecule has 1 amide bonds. The molecule has 0 radical (unpaired) electrons. The number of hydrogen-bond donors (Lipinski definition) is 1. The first kappa shape index (κ1) is 21.5. The summed E-state index contributed by atoms with van der Waals surface area (Å²) in [5.41, 5.74) is 3.15. The minimum Gasteiger partial charge on any atom is -0.452 e. The summed E-state index contributed by atoms with van der Waals surface area (Å²) in [6.07, 6.45) is 0. The molecule has 3 rings (SSSR count). The van der Waals surface area contributed by atoms with E-state index in [1.54, 1.807) is 35.7 Å². The summed E-state index contributed by atoms with van der Waals surface area (Å²) in [7, 11) is 0. The number of thioether (sulfide) groups is 2. The average Bonchev–Trinajstić information content (AvgIpc) is 3.24. The second-order valence-electron chi connectivity index (χ2n) is 6.81. The molecule has 1 aliphatic heterocycles. The maximum Gasteiger partial charge on any atom is 0.338 e. The monoisotopic (exact) mass is 428 g/mol. The Hall–Kier alpha value is -2.25. The maximum absolute atomic E-state index is 12.5. The molecular weight excluding hydrogens is 404 g/mol. The number of anilines is 1. The van der Waals surface area contributed by atoms with Crippen LogP contribution in [0.25, 0.3) is 0 Å². The fourth-order valence-electron chi connectivity index (χ4n) is 2.90. The van der Waals surface area contributed by atoms with Gasteiger partial charge in [0.1, 0.15) is 4.38 Å². The first-order valence-electron chi connectivity index (χ1n) is 9.48. The molecule has 0 atom stereocenters. The van der Waals surface area contributed by atoms with E-state index in [0.717, 1.165) is 33.5 Å². The molecule has 2 aromatic carbocycles. The van der Waals surface area contributed by atoms with E-state index in [-0.39, 0.29) is 18.4 Å². The maximum atomic E-state index is 12.5.